The van der Waals surface area contributed by atoms with Crippen molar-refractivity contribution in [2.24, 2.45) is 0 Å². The number of carbonyl (C=O) groups is 2. The predicted octanol–water partition coefficient (Wildman–Crippen LogP) is 1.14. The van der Waals surface area contributed by atoms with Crippen molar-refractivity contribution in [1.29, 1.82) is 0 Å². The quantitative estimate of drug-likeness (QED) is 0.603. The van der Waals surface area contributed by atoms with Crippen molar-refractivity contribution in [2.45, 2.75) is 25.3 Å². The highest BCUT2D eigenvalue weighted by Gasteiger charge is 2.19. The molecule has 3 N–H and O–H groups in total. The van der Waals surface area contributed by atoms with Crippen molar-refractivity contribution in [3.05, 3.63) is 35.9 Å². The van der Waals surface area contributed by atoms with Crippen LogP contribution in [0.1, 0.15) is 18.4 Å². The van der Waals surface area contributed by atoms with Crippen LogP contribution in [0.25, 0.3) is 0 Å². The average Bonchev–Trinajstić information content (AvgIpc) is 2.33. The lowest BCUT2D eigenvalue weighted by atomic mass is 10.1. The molecular formula is C13H17NO4. The van der Waals surface area contributed by atoms with Gasteiger partial charge in [0.25, 0.3) is 0 Å². The van der Waals surface area contributed by atoms with E-state index >= 15 is 0 Å². The van der Waals surface area contributed by atoms with Crippen LogP contribution in [0.2, 0.25) is 0 Å². The van der Waals surface area contributed by atoms with Crippen molar-refractivity contribution in [2.75, 3.05) is 6.54 Å². The molecule has 0 fully saturated rings. The zero-order chi connectivity index (χ0) is 13.4. The smallest absolute Gasteiger partial charge is 0.321 e. The van der Waals surface area contributed by atoms with Crippen molar-refractivity contribution >= 4 is 11.9 Å². The summed E-state index contributed by atoms with van der Waals surface area (Å²) in [5.74, 6) is -2.24. The summed E-state index contributed by atoms with van der Waals surface area (Å²) in [6, 6.07) is 8.84. The van der Waals surface area contributed by atoms with E-state index in [0.717, 1.165) is 12.8 Å². The fraction of sp³-hybridized carbons (Fsp3) is 0.385. The molecule has 0 spiro atoms. The SMILES string of the molecule is O=C(O)CC(NCCCc1ccccc1)C(=O)O. The summed E-state index contributed by atoms with van der Waals surface area (Å²) in [5, 5.41) is 20.1. The summed E-state index contributed by atoms with van der Waals surface area (Å²) >= 11 is 0. The Bertz CT molecular complexity index is 391. The monoisotopic (exact) mass is 251 g/mol. The van der Waals surface area contributed by atoms with Crippen LogP contribution < -0.4 is 5.32 Å². The Morgan fingerprint density at radius 3 is 2.39 bits per heavy atom. The normalized spacial score (nSPS) is 12.0. The fourth-order valence-corrected chi connectivity index (χ4v) is 1.63. The number of carboxylic acid groups (broad SMARTS) is 2. The van der Waals surface area contributed by atoms with Crippen LogP contribution in [0.5, 0.6) is 0 Å². The Kier molecular flexibility index (Phi) is 5.87. The van der Waals surface area contributed by atoms with E-state index in [4.69, 9.17) is 10.2 Å². The minimum atomic E-state index is -1.13. The summed E-state index contributed by atoms with van der Waals surface area (Å²) < 4.78 is 0. The Morgan fingerprint density at radius 1 is 1.17 bits per heavy atom. The van der Waals surface area contributed by atoms with Crippen LogP contribution in [0.15, 0.2) is 30.3 Å². The second-order valence-corrected chi connectivity index (χ2v) is 4.03. The largest absolute Gasteiger partial charge is 0.481 e. The molecule has 1 rings (SSSR count). The molecule has 0 bridgehead atoms. The lowest BCUT2D eigenvalue weighted by Gasteiger charge is -2.11. The van der Waals surface area contributed by atoms with Gasteiger partial charge in [-0.15, -0.1) is 0 Å². The van der Waals surface area contributed by atoms with Crippen LogP contribution in [-0.2, 0) is 16.0 Å². The predicted molar refractivity (Wildman–Crippen MR) is 66.4 cm³/mol. The van der Waals surface area contributed by atoms with Gasteiger partial charge in [-0.1, -0.05) is 30.3 Å². The van der Waals surface area contributed by atoms with E-state index in [0.29, 0.717) is 6.54 Å². The van der Waals surface area contributed by atoms with Crippen molar-refractivity contribution < 1.29 is 19.8 Å². The van der Waals surface area contributed by atoms with Crippen LogP contribution >= 0.6 is 0 Å². The van der Waals surface area contributed by atoms with Crippen molar-refractivity contribution in [1.82, 2.24) is 5.32 Å². The molecule has 0 aliphatic carbocycles. The fourth-order valence-electron chi connectivity index (χ4n) is 1.63. The maximum Gasteiger partial charge on any atom is 0.321 e. The van der Waals surface area contributed by atoms with E-state index < -0.39 is 24.4 Å². The Labute approximate surface area is 105 Å². The van der Waals surface area contributed by atoms with Gasteiger partial charge in [0.1, 0.15) is 6.04 Å². The highest BCUT2D eigenvalue weighted by molar-refractivity contribution is 5.80. The van der Waals surface area contributed by atoms with Gasteiger partial charge in [-0.3, -0.25) is 9.59 Å². The molecule has 0 aromatic heterocycles. The van der Waals surface area contributed by atoms with E-state index in [1.807, 2.05) is 30.3 Å². The first-order valence-corrected chi connectivity index (χ1v) is 5.81. The molecule has 5 nitrogen and oxygen atoms in total. The highest BCUT2D eigenvalue weighted by atomic mass is 16.4. The minimum absolute atomic E-state index is 0.402. The van der Waals surface area contributed by atoms with Gasteiger partial charge in [0, 0.05) is 0 Å². The summed E-state index contributed by atoms with van der Waals surface area (Å²) in [5.41, 5.74) is 1.18. The van der Waals surface area contributed by atoms with Gasteiger partial charge in [0.15, 0.2) is 0 Å². The zero-order valence-electron chi connectivity index (χ0n) is 10.0. The summed E-state index contributed by atoms with van der Waals surface area (Å²) in [4.78, 5) is 21.2. The maximum atomic E-state index is 10.8. The van der Waals surface area contributed by atoms with Gasteiger partial charge in [0.2, 0.25) is 0 Å². The summed E-state index contributed by atoms with van der Waals surface area (Å²) in [7, 11) is 0. The molecule has 1 aromatic rings. The number of rotatable bonds is 8. The van der Waals surface area contributed by atoms with Gasteiger partial charge < -0.3 is 15.5 Å². The first-order chi connectivity index (χ1) is 8.59. The topological polar surface area (TPSA) is 86.6 Å². The minimum Gasteiger partial charge on any atom is -0.481 e. The molecule has 18 heavy (non-hydrogen) atoms. The van der Waals surface area contributed by atoms with Gasteiger partial charge in [-0.2, -0.15) is 0 Å². The van der Waals surface area contributed by atoms with Crippen LogP contribution in [-0.4, -0.2) is 34.7 Å². The third-order valence-electron chi connectivity index (χ3n) is 2.55. The molecule has 0 heterocycles. The number of hydrogen-bond donors (Lipinski definition) is 3. The lowest BCUT2D eigenvalue weighted by molar-refractivity contribution is -0.145. The zero-order valence-corrected chi connectivity index (χ0v) is 10.0. The Balaban J connectivity index is 2.27. The third-order valence-corrected chi connectivity index (χ3v) is 2.55. The third kappa shape index (κ3) is 5.45. The van der Waals surface area contributed by atoms with E-state index in [1.165, 1.54) is 5.56 Å². The van der Waals surface area contributed by atoms with Crippen LogP contribution in [0, 0.1) is 0 Å². The van der Waals surface area contributed by atoms with Crippen LogP contribution in [0.3, 0.4) is 0 Å². The van der Waals surface area contributed by atoms with E-state index in [2.05, 4.69) is 5.32 Å². The summed E-state index contributed by atoms with van der Waals surface area (Å²) in [6.07, 6.45) is 1.21. The average molecular weight is 251 g/mol. The molecule has 98 valence electrons. The van der Waals surface area contributed by atoms with E-state index in [1.54, 1.807) is 0 Å². The second kappa shape index (κ2) is 7.45. The molecule has 0 saturated carbocycles. The first-order valence-electron chi connectivity index (χ1n) is 5.81. The number of hydrogen-bond acceptors (Lipinski definition) is 3. The van der Waals surface area contributed by atoms with Gasteiger partial charge in [-0.25, -0.2) is 0 Å². The summed E-state index contributed by atoms with van der Waals surface area (Å²) in [6.45, 7) is 0.485. The molecule has 0 aliphatic rings. The van der Waals surface area contributed by atoms with Crippen molar-refractivity contribution in [3.63, 3.8) is 0 Å². The van der Waals surface area contributed by atoms with E-state index in [-0.39, 0.29) is 0 Å². The van der Waals surface area contributed by atoms with Gasteiger partial charge in [0.05, 0.1) is 6.42 Å². The molecule has 0 amide bonds. The van der Waals surface area contributed by atoms with Gasteiger partial charge in [-0.05, 0) is 24.9 Å². The van der Waals surface area contributed by atoms with E-state index in [9.17, 15) is 9.59 Å². The molecule has 0 saturated heterocycles. The van der Waals surface area contributed by atoms with Crippen LogP contribution in [0.4, 0.5) is 0 Å². The highest BCUT2D eigenvalue weighted by Crippen LogP contribution is 2.02. The molecule has 0 aliphatic heterocycles. The number of aryl methyl sites for hydroxylation is 1. The number of aliphatic carboxylic acids is 2. The lowest BCUT2D eigenvalue weighted by Crippen LogP contribution is -2.39. The molecule has 1 atom stereocenters. The number of benzene rings is 1. The second-order valence-electron chi connectivity index (χ2n) is 4.03. The Morgan fingerprint density at radius 2 is 1.83 bits per heavy atom. The number of nitrogens with one attached hydrogen (secondary N) is 1. The van der Waals surface area contributed by atoms with Crippen molar-refractivity contribution in [3.8, 4) is 0 Å². The number of carboxylic acids is 2. The molecule has 1 unspecified atom stereocenters. The Hall–Kier alpha value is -1.88. The molecule has 0 radical (unpaired) electrons. The molecular weight excluding hydrogens is 234 g/mol. The van der Waals surface area contributed by atoms with Gasteiger partial charge >= 0.3 is 11.9 Å². The first kappa shape index (κ1) is 14.2. The maximum absolute atomic E-state index is 10.8. The molecule has 5 heteroatoms. The standard InChI is InChI=1S/C13H17NO4/c15-12(16)9-11(13(17)18)14-8-4-7-10-5-2-1-3-6-10/h1-3,5-6,11,14H,4,7-9H2,(H,15,16)(H,17,18). The molecule has 1 aromatic carbocycles.